The van der Waals surface area contributed by atoms with Crippen LogP contribution in [0, 0.1) is 20.8 Å². The van der Waals surface area contributed by atoms with Crippen molar-refractivity contribution in [3.05, 3.63) is 17.1 Å². The van der Waals surface area contributed by atoms with Crippen LogP contribution in [0.15, 0.2) is 0 Å². The molecule has 26 heavy (non-hydrogen) atoms. The third-order valence-corrected chi connectivity index (χ3v) is 5.37. The number of anilines is 1. The lowest BCUT2D eigenvalue weighted by Crippen LogP contribution is -2.35. The zero-order valence-electron chi connectivity index (χ0n) is 17.2. The van der Waals surface area contributed by atoms with Crippen molar-refractivity contribution in [2.75, 3.05) is 31.1 Å². The number of aromatic nitrogens is 2. The van der Waals surface area contributed by atoms with Crippen LogP contribution in [-0.4, -0.2) is 47.0 Å². The molecule has 0 unspecified atom stereocenters. The highest BCUT2D eigenvalue weighted by molar-refractivity contribution is 5.76. The molecule has 0 N–H and O–H groups in total. The van der Waals surface area contributed by atoms with Gasteiger partial charge in [0.2, 0.25) is 5.91 Å². The van der Waals surface area contributed by atoms with E-state index in [-0.39, 0.29) is 0 Å². The van der Waals surface area contributed by atoms with Gasteiger partial charge in [-0.1, -0.05) is 39.0 Å². The fourth-order valence-electron chi connectivity index (χ4n) is 3.65. The minimum atomic E-state index is 0.328. The van der Waals surface area contributed by atoms with Crippen LogP contribution < -0.4 is 4.90 Å². The van der Waals surface area contributed by atoms with Crippen LogP contribution in [0.3, 0.4) is 0 Å². The molecule has 0 saturated carbocycles. The molecule has 1 aromatic rings. The van der Waals surface area contributed by atoms with Gasteiger partial charge in [0.25, 0.3) is 0 Å². The summed E-state index contributed by atoms with van der Waals surface area (Å²) in [7, 11) is 0. The molecule has 0 aromatic carbocycles. The van der Waals surface area contributed by atoms with Crippen molar-refractivity contribution in [3.8, 4) is 0 Å². The van der Waals surface area contributed by atoms with E-state index in [0.717, 1.165) is 61.9 Å². The molecule has 5 nitrogen and oxygen atoms in total. The largest absolute Gasteiger partial charge is 0.354 e. The Kier molecular flexibility index (Phi) is 8.33. The number of carbonyl (C=O) groups excluding carboxylic acids is 1. The smallest absolute Gasteiger partial charge is 0.222 e. The predicted molar refractivity (Wildman–Crippen MR) is 108 cm³/mol. The zero-order valence-corrected chi connectivity index (χ0v) is 17.2. The summed E-state index contributed by atoms with van der Waals surface area (Å²) in [4.78, 5) is 26.0. The van der Waals surface area contributed by atoms with Gasteiger partial charge in [-0.3, -0.25) is 4.79 Å². The summed E-state index contributed by atoms with van der Waals surface area (Å²) in [6.07, 6.45) is 9.09. The van der Waals surface area contributed by atoms with Crippen molar-refractivity contribution < 1.29 is 4.79 Å². The maximum atomic E-state index is 12.5. The monoisotopic (exact) mass is 360 g/mol. The lowest BCUT2D eigenvalue weighted by atomic mass is 10.1. The van der Waals surface area contributed by atoms with Gasteiger partial charge in [-0.2, -0.15) is 0 Å². The summed E-state index contributed by atoms with van der Waals surface area (Å²) in [5.74, 6) is 2.19. The maximum absolute atomic E-state index is 12.5. The second-order valence-corrected chi connectivity index (χ2v) is 7.54. The van der Waals surface area contributed by atoms with E-state index in [2.05, 4.69) is 33.6 Å². The standard InChI is InChI=1S/C21H36N4O/c1-5-6-7-8-9-10-12-20(26)24-13-11-14-25(16-15-24)21-17(2)18(3)22-19(4)23-21/h5-16H2,1-4H3. The van der Waals surface area contributed by atoms with E-state index in [4.69, 9.17) is 0 Å². The van der Waals surface area contributed by atoms with E-state index >= 15 is 0 Å². The average Bonchev–Trinajstić information content (AvgIpc) is 2.87. The zero-order chi connectivity index (χ0) is 18.9. The third kappa shape index (κ3) is 5.96. The number of amides is 1. The highest BCUT2D eigenvalue weighted by Crippen LogP contribution is 2.21. The summed E-state index contributed by atoms with van der Waals surface area (Å²) in [5.41, 5.74) is 2.20. The first-order chi connectivity index (χ1) is 12.5. The van der Waals surface area contributed by atoms with E-state index in [1.165, 1.54) is 32.1 Å². The van der Waals surface area contributed by atoms with Gasteiger partial charge in [-0.15, -0.1) is 0 Å². The molecule has 0 aliphatic carbocycles. The Morgan fingerprint density at radius 2 is 1.65 bits per heavy atom. The lowest BCUT2D eigenvalue weighted by Gasteiger charge is -2.25. The molecule has 0 bridgehead atoms. The summed E-state index contributed by atoms with van der Waals surface area (Å²) in [5, 5.41) is 0. The molecule has 2 heterocycles. The molecule has 1 amide bonds. The van der Waals surface area contributed by atoms with Gasteiger partial charge >= 0.3 is 0 Å². The van der Waals surface area contributed by atoms with E-state index in [0.29, 0.717) is 12.3 Å². The van der Waals surface area contributed by atoms with Crippen LogP contribution >= 0.6 is 0 Å². The Balaban J connectivity index is 1.83. The van der Waals surface area contributed by atoms with Crippen molar-refractivity contribution >= 4 is 11.7 Å². The van der Waals surface area contributed by atoms with Crippen LogP contribution in [0.5, 0.6) is 0 Å². The first-order valence-corrected chi connectivity index (χ1v) is 10.4. The molecule has 1 fully saturated rings. The van der Waals surface area contributed by atoms with Crippen molar-refractivity contribution in [2.45, 2.75) is 79.1 Å². The van der Waals surface area contributed by atoms with Crippen molar-refractivity contribution in [1.82, 2.24) is 14.9 Å². The molecule has 2 rings (SSSR count). The molecule has 1 saturated heterocycles. The molecular weight excluding hydrogens is 324 g/mol. The van der Waals surface area contributed by atoms with Gasteiger partial charge in [0.05, 0.1) is 0 Å². The Bertz CT molecular complexity index is 588. The number of carbonyl (C=O) groups is 1. The van der Waals surface area contributed by atoms with E-state index in [1.807, 2.05) is 13.8 Å². The molecule has 0 spiro atoms. The Labute approximate surface area is 159 Å². The molecule has 0 atom stereocenters. The fraction of sp³-hybridized carbons (Fsp3) is 0.762. The fourth-order valence-corrected chi connectivity index (χ4v) is 3.65. The van der Waals surface area contributed by atoms with Crippen molar-refractivity contribution in [2.24, 2.45) is 0 Å². The van der Waals surface area contributed by atoms with Crippen molar-refractivity contribution in [3.63, 3.8) is 0 Å². The summed E-state index contributed by atoms with van der Waals surface area (Å²) in [6, 6.07) is 0. The Hall–Kier alpha value is -1.65. The maximum Gasteiger partial charge on any atom is 0.222 e. The third-order valence-electron chi connectivity index (χ3n) is 5.37. The normalized spacial score (nSPS) is 15.2. The molecule has 1 aromatic heterocycles. The van der Waals surface area contributed by atoms with Crippen LogP contribution in [0.25, 0.3) is 0 Å². The van der Waals surface area contributed by atoms with E-state index < -0.39 is 0 Å². The van der Waals surface area contributed by atoms with Gasteiger partial charge < -0.3 is 9.80 Å². The van der Waals surface area contributed by atoms with Gasteiger partial charge in [-0.05, 0) is 33.6 Å². The number of rotatable bonds is 8. The number of hydrogen-bond donors (Lipinski definition) is 0. The number of aryl methyl sites for hydroxylation is 2. The van der Waals surface area contributed by atoms with Gasteiger partial charge in [0, 0.05) is 43.9 Å². The molecule has 1 aliphatic heterocycles. The predicted octanol–water partition coefficient (Wildman–Crippen LogP) is 4.19. The summed E-state index contributed by atoms with van der Waals surface area (Å²) in [6.45, 7) is 11.8. The Morgan fingerprint density at radius 1 is 0.923 bits per heavy atom. The van der Waals surface area contributed by atoms with E-state index in [1.54, 1.807) is 0 Å². The highest BCUT2D eigenvalue weighted by atomic mass is 16.2. The minimum Gasteiger partial charge on any atom is -0.354 e. The van der Waals surface area contributed by atoms with Gasteiger partial charge in [0.15, 0.2) is 0 Å². The van der Waals surface area contributed by atoms with Crippen LogP contribution in [0.4, 0.5) is 5.82 Å². The number of hydrogen-bond acceptors (Lipinski definition) is 4. The van der Waals surface area contributed by atoms with Crippen LogP contribution in [-0.2, 0) is 4.79 Å². The molecule has 146 valence electrons. The van der Waals surface area contributed by atoms with Crippen LogP contribution in [0.2, 0.25) is 0 Å². The SMILES string of the molecule is CCCCCCCCC(=O)N1CCCN(c2nc(C)nc(C)c2C)CC1. The molecule has 0 radical (unpaired) electrons. The number of nitrogens with zero attached hydrogens (tertiary/aromatic N) is 4. The van der Waals surface area contributed by atoms with Gasteiger partial charge in [-0.25, -0.2) is 9.97 Å². The Morgan fingerprint density at radius 3 is 2.42 bits per heavy atom. The van der Waals surface area contributed by atoms with Crippen molar-refractivity contribution in [1.29, 1.82) is 0 Å². The van der Waals surface area contributed by atoms with E-state index in [9.17, 15) is 4.79 Å². The lowest BCUT2D eigenvalue weighted by molar-refractivity contribution is -0.131. The second kappa shape index (κ2) is 10.5. The number of unbranched alkanes of at least 4 members (excludes halogenated alkanes) is 5. The highest BCUT2D eigenvalue weighted by Gasteiger charge is 2.21. The van der Waals surface area contributed by atoms with Crippen LogP contribution in [0.1, 0.15) is 75.4 Å². The molecular formula is C21H36N4O. The first-order valence-electron chi connectivity index (χ1n) is 10.4. The summed E-state index contributed by atoms with van der Waals surface area (Å²) >= 11 is 0. The second-order valence-electron chi connectivity index (χ2n) is 7.54. The van der Waals surface area contributed by atoms with Gasteiger partial charge in [0.1, 0.15) is 11.6 Å². The minimum absolute atomic E-state index is 0.328. The first kappa shape index (κ1) is 20.7. The topological polar surface area (TPSA) is 49.3 Å². The summed E-state index contributed by atoms with van der Waals surface area (Å²) < 4.78 is 0. The molecule has 1 aliphatic rings. The molecule has 5 heteroatoms. The average molecular weight is 361 g/mol. The quantitative estimate of drug-likeness (QED) is 0.652.